The lowest BCUT2D eigenvalue weighted by atomic mass is 10.1. The SMILES string of the molecule is CCSc1cc(C(=O)N2CCc3nc[nH]c(=O)c3C2)ccn1. The fourth-order valence-corrected chi connectivity index (χ4v) is 3.12. The van der Waals surface area contributed by atoms with Crippen LogP contribution in [0.3, 0.4) is 0 Å². The van der Waals surface area contributed by atoms with Gasteiger partial charge in [0.05, 0.1) is 29.2 Å². The van der Waals surface area contributed by atoms with Gasteiger partial charge in [0.2, 0.25) is 0 Å². The number of nitrogens with one attached hydrogen (secondary N) is 1. The van der Waals surface area contributed by atoms with Gasteiger partial charge in [-0.25, -0.2) is 9.97 Å². The molecule has 0 saturated carbocycles. The normalized spacial score (nSPS) is 13.8. The summed E-state index contributed by atoms with van der Waals surface area (Å²) >= 11 is 1.60. The molecule has 0 bridgehead atoms. The van der Waals surface area contributed by atoms with Crippen molar-refractivity contribution in [3.05, 3.63) is 51.8 Å². The molecular weight excluding hydrogens is 300 g/mol. The Morgan fingerprint density at radius 1 is 1.45 bits per heavy atom. The quantitative estimate of drug-likeness (QED) is 0.868. The van der Waals surface area contributed by atoms with E-state index in [1.807, 2.05) is 6.92 Å². The molecule has 0 unspecified atom stereocenters. The van der Waals surface area contributed by atoms with E-state index in [0.717, 1.165) is 16.5 Å². The number of aromatic nitrogens is 3. The van der Waals surface area contributed by atoms with Crippen LogP contribution in [0.25, 0.3) is 0 Å². The molecule has 0 spiro atoms. The predicted octanol–water partition coefficient (Wildman–Crippen LogP) is 1.48. The van der Waals surface area contributed by atoms with Gasteiger partial charge in [-0.15, -0.1) is 11.8 Å². The number of aromatic amines is 1. The largest absolute Gasteiger partial charge is 0.334 e. The maximum absolute atomic E-state index is 12.6. The lowest BCUT2D eigenvalue weighted by Gasteiger charge is -2.27. The van der Waals surface area contributed by atoms with E-state index in [-0.39, 0.29) is 11.5 Å². The van der Waals surface area contributed by atoms with Gasteiger partial charge in [-0.05, 0) is 17.9 Å². The first kappa shape index (κ1) is 14.8. The number of fused-ring (bicyclic) bond motifs is 1. The van der Waals surface area contributed by atoms with Crippen LogP contribution in [0.5, 0.6) is 0 Å². The summed E-state index contributed by atoms with van der Waals surface area (Å²) in [5.74, 6) is 0.831. The number of carbonyl (C=O) groups is 1. The molecular formula is C15H16N4O2S. The highest BCUT2D eigenvalue weighted by atomic mass is 32.2. The van der Waals surface area contributed by atoms with Crippen LogP contribution in [-0.2, 0) is 13.0 Å². The van der Waals surface area contributed by atoms with Crippen molar-refractivity contribution in [3.8, 4) is 0 Å². The third-order valence-corrected chi connectivity index (χ3v) is 4.37. The van der Waals surface area contributed by atoms with Gasteiger partial charge in [0.25, 0.3) is 11.5 Å². The van der Waals surface area contributed by atoms with Crippen LogP contribution in [0.4, 0.5) is 0 Å². The standard InChI is InChI=1S/C15H16N4O2S/c1-2-22-13-7-10(3-5-16-13)15(21)19-6-4-12-11(8-19)14(20)18-9-17-12/h3,5,7,9H,2,4,6,8H2,1H3,(H,17,18,20). The van der Waals surface area contributed by atoms with E-state index in [1.54, 1.807) is 35.0 Å². The molecule has 1 N–H and O–H groups in total. The molecule has 1 aliphatic rings. The van der Waals surface area contributed by atoms with Crippen molar-refractivity contribution >= 4 is 17.7 Å². The highest BCUT2D eigenvalue weighted by Gasteiger charge is 2.24. The number of hydrogen-bond donors (Lipinski definition) is 1. The van der Waals surface area contributed by atoms with Gasteiger partial charge in [0.1, 0.15) is 0 Å². The summed E-state index contributed by atoms with van der Waals surface area (Å²) in [6.07, 6.45) is 3.67. The van der Waals surface area contributed by atoms with Crippen molar-refractivity contribution < 1.29 is 4.79 Å². The van der Waals surface area contributed by atoms with Crippen LogP contribution < -0.4 is 5.56 Å². The summed E-state index contributed by atoms with van der Waals surface area (Å²) in [5, 5.41) is 0.838. The minimum Gasteiger partial charge on any atom is -0.334 e. The van der Waals surface area contributed by atoms with E-state index >= 15 is 0 Å². The van der Waals surface area contributed by atoms with E-state index in [2.05, 4.69) is 15.0 Å². The molecule has 1 aliphatic heterocycles. The van der Waals surface area contributed by atoms with Crippen LogP contribution >= 0.6 is 11.8 Å². The number of amides is 1. The van der Waals surface area contributed by atoms with Crippen LogP contribution in [-0.4, -0.2) is 38.1 Å². The van der Waals surface area contributed by atoms with E-state index in [9.17, 15) is 9.59 Å². The van der Waals surface area contributed by atoms with Crippen LogP contribution in [0, 0.1) is 0 Å². The minimum atomic E-state index is -0.167. The first-order valence-corrected chi connectivity index (χ1v) is 8.11. The predicted molar refractivity (Wildman–Crippen MR) is 83.9 cm³/mol. The van der Waals surface area contributed by atoms with E-state index in [0.29, 0.717) is 30.6 Å². The summed E-state index contributed by atoms with van der Waals surface area (Å²) in [5.41, 5.74) is 1.80. The Morgan fingerprint density at radius 3 is 3.14 bits per heavy atom. The lowest BCUT2D eigenvalue weighted by Crippen LogP contribution is -2.39. The second-order valence-corrected chi connectivity index (χ2v) is 6.23. The Balaban J connectivity index is 1.83. The zero-order chi connectivity index (χ0) is 15.5. The Hall–Kier alpha value is -2.15. The number of hydrogen-bond acceptors (Lipinski definition) is 5. The number of carbonyl (C=O) groups excluding carboxylic acids is 1. The van der Waals surface area contributed by atoms with Crippen molar-refractivity contribution in [1.82, 2.24) is 19.9 Å². The fourth-order valence-electron chi connectivity index (χ4n) is 2.48. The molecule has 1 amide bonds. The molecule has 3 heterocycles. The first-order chi connectivity index (χ1) is 10.7. The van der Waals surface area contributed by atoms with Crippen LogP contribution in [0.15, 0.2) is 34.5 Å². The van der Waals surface area contributed by atoms with Crippen molar-refractivity contribution in [3.63, 3.8) is 0 Å². The summed E-state index contributed by atoms with van der Waals surface area (Å²) in [6, 6.07) is 3.52. The van der Waals surface area contributed by atoms with Crippen LogP contribution in [0.2, 0.25) is 0 Å². The number of pyridine rings is 1. The third-order valence-electron chi connectivity index (χ3n) is 3.57. The topological polar surface area (TPSA) is 79.0 Å². The number of H-pyrrole nitrogens is 1. The monoisotopic (exact) mass is 316 g/mol. The molecule has 6 nitrogen and oxygen atoms in total. The zero-order valence-corrected chi connectivity index (χ0v) is 13.0. The number of thioether (sulfide) groups is 1. The van der Waals surface area contributed by atoms with Gasteiger partial charge in [0.15, 0.2) is 0 Å². The van der Waals surface area contributed by atoms with Crippen LogP contribution in [0.1, 0.15) is 28.5 Å². The average Bonchev–Trinajstić information content (AvgIpc) is 2.55. The molecule has 2 aromatic rings. The third kappa shape index (κ3) is 2.89. The Bertz CT molecular complexity index is 759. The maximum Gasteiger partial charge on any atom is 0.255 e. The summed E-state index contributed by atoms with van der Waals surface area (Å²) in [4.78, 5) is 37.2. The van der Waals surface area contributed by atoms with E-state index < -0.39 is 0 Å². The van der Waals surface area contributed by atoms with E-state index in [1.165, 1.54) is 6.33 Å². The van der Waals surface area contributed by atoms with Crippen molar-refractivity contribution in [1.29, 1.82) is 0 Å². The second-order valence-electron chi connectivity index (χ2n) is 4.95. The second kappa shape index (κ2) is 6.31. The minimum absolute atomic E-state index is 0.0748. The summed E-state index contributed by atoms with van der Waals surface area (Å²) in [7, 11) is 0. The lowest BCUT2D eigenvalue weighted by molar-refractivity contribution is 0.0732. The van der Waals surface area contributed by atoms with E-state index in [4.69, 9.17) is 0 Å². The molecule has 0 radical (unpaired) electrons. The van der Waals surface area contributed by atoms with Gasteiger partial charge in [0, 0.05) is 24.7 Å². The summed E-state index contributed by atoms with van der Waals surface area (Å²) < 4.78 is 0. The zero-order valence-electron chi connectivity index (χ0n) is 12.2. The van der Waals surface area contributed by atoms with Gasteiger partial charge in [-0.3, -0.25) is 9.59 Å². The molecule has 0 aliphatic carbocycles. The van der Waals surface area contributed by atoms with Gasteiger partial charge in [-0.1, -0.05) is 6.92 Å². The van der Waals surface area contributed by atoms with Crippen molar-refractivity contribution in [2.45, 2.75) is 24.9 Å². The number of rotatable bonds is 3. The van der Waals surface area contributed by atoms with Gasteiger partial charge in [-0.2, -0.15) is 0 Å². The molecule has 114 valence electrons. The Labute approximate surface area is 132 Å². The smallest absolute Gasteiger partial charge is 0.255 e. The highest BCUT2D eigenvalue weighted by Crippen LogP contribution is 2.19. The average molecular weight is 316 g/mol. The molecule has 22 heavy (non-hydrogen) atoms. The van der Waals surface area contributed by atoms with Crippen molar-refractivity contribution in [2.24, 2.45) is 0 Å². The number of nitrogens with zero attached hydrogens (tertiary/aromatic N) is 3. The maximum atomic E-state index is 12.6. The molecule has 2 aromatic heterocycles. The van der Waals surface area contributed by atoms with Gasteiger partial charge >= 0.3 is 0 Å². The fraction of sp³-hybridized carbons (Fsp3) is 0.333. The van der Waals surface area contributed by atoms with Gasteiger partial charge < -0.3 is 9.88 Å². The molecule has 0 saturated heterocycles. The molecule has 7 heteroatoms. The van der Waals surface area contributed by atoms with Crippen molar-refractivity contribution in [2.75, 3.05) is 12.3 Å². The Kier molecular flexibility index (Phi) is 4.24. The highest BCUT2D eigenvalue weighted by molar-refractivity contribution is 7.99. The summed E-state index contributed by atoms with van der Waals surface area (Å²) in [6.45, 7) is 2.92. The molecule has 0 aromatic carbocycles. The molecule has 0 fully saturated rings. The molecule has 3 rings (SSSR count). The first-order valence-electron chi connectivity index (χ1n) is 7.12. The Morgan fingerprint density at radius 2 is 2.32 bits per heavy atom. The molecule has 0 atom stereocenters.